The minimum Gasteiger partial charge on any atom is -0.497 e. The lowest BCUT2D eigenvalue weighted by Crippen LogP contribution is -2.39. The normalized spacial score (nSPS) is 18.1. The van der Waals surface area contributed by atoms with Crippen molar-refractivity contribution in [1.29, 1.82) is 0 Å². The molecule has 1 aliphatic rings. The predicted molar refractivity (Wildman–Crippen MR) is 109 cm³/mol. The lowest BCUT2D eigenvalue weighted by molar-refractivity contribution is 0.314. The number of nitrogens with zero attached hydrogens (tertiary/aromatic N) is 3. The topological polar surface area (TPSA) is 72.4 Å². The number of rotatable bonds is 5. The van der Waals surface area contributed by atoms with Gasteiger partial charge < -0.3 is 4.74 Å². The molecular weight excluding hydrogens is 394 g/mol. The first-order chi connectivity index (χ1) is 13.6. The number of sulfonamides is 1. The van der Waals surface area contributed by atoms with E-state index in [0.717, 1.165) is 34.2 Å². The minimum atomic E-state index is -3.48. The summed E-state index contributed by atoms with van der Waals surface area (Å²) in [5, 5.41) is 10.4. The van der Waals surface area contributed by atoms with Gasteiger partial charge in [-0.25, -0.2) is 8.42 Å². The van der Waals surface area contributed by atoms with E-state index in [1.54, 1.807) is 35.7 Å². The number of methoxy groups -OCH3 is 1. The van der Waals surface area contributed by atoms with E-state index in [4.69, 9.17) is 4.74 Å². The van der Waals surface area contributed by atoms with Gasteiger partial charge in [-0.05, 0) is 49.2 Å². The third-order valence-electron chi connectivity index (χ3n) is 4.89. The molecule has 4 rings (SSSR count). The van der Waals surface area contributed by atoms with Gasteiger partial charge in [-0.1, -0.05) is 29.5 Å². The predicted octanol–water partition coefficient (Wildman–Crippen LogP) is 3.78. The first-order valence-electron chi connectivity index (χ1n) is 9.11. The number of hydrogen-bond donors (Lipinski definition) is 0. The maximum absolute atomic E-state index is 12.9. The molecule has 3 aromatic rings. The fourth-order valence-electron chi connectivity index (χ4n) is 3.35. The Balaban J connectivity index is 1.53. The zero-order valence-electron chi connectivity index (χ0n) is 15.5. The molecule has 8 heteroatoms. The summed E-state index contributed by atoms with van der Waals surface area (Å²) in [6.45, 7) is 0.979. The summed E-state index contributed by atoms with van der Waals surface area (Å²) in [4.78, 5) is 0.340. The summed E-state index contributed by atoms with van der Waals surface area (Å²) in [7, 11) is -1.84. The van der Waals surface area contributed by atoms with Crippen molar-refractivity contribution in [3.8, 4) is 16.3 Å². The highest BCUT2D eigenvalue weighted by molar-refractivity contribution is 7.89. The lowest BCUT2D eigenvalue weighted by Gasteiger charge is -2.30. The maximum atomic E-state index is 12.9. The summed E-state index contributed by atoms with van der Waals surface area (Å²) in [6, 6.07) is 16.3. The summed E-state index contributed by atoms with van der Waals surface area (Å²) < 4.78 is 32.6. The van der Waals surface area contributed by atoms with E-state index in [9.17, 15) is 8.42 Å². The molecule has 1 aliphatic heterocycles. The molecule has 0 radical (unpaired) electrons. The molecule has 0 spiro atoms. The van der Waals surface area contributed by atoms with Crippen molar-refractivity contribution in [2.75, 3.05) is 20.2 Å². The Bertz CT molecular complexity index is 1030. The van der Waals surface area contributed by atoms with Gasteiger partial charge in [0.25, 0.3) is 0 Å². The van der Waals surface area contributed by atoms with Crippen LogP contribution in [0.2, 0.25) is 0 Å². The van der Waals surface area contributed by atoms with Crippen molar-refractivity contribution in [3.05, 3.63) is 59.6 Å². The average molecular weight is 416 g/mol. The van der Waals surface area contributed by atoms with Gasteiger partial charge in [0.15, 0.2) is 0 Å². The van der Waals surface area contributed by atoms with Crippen molar-refractivity contribution in [2.24, 2.45) is 0 Å². The Morgan fingerprint density at radius 2 is 1.82 bits per heavy atom. The van der Waals surface area contributed by atoms with Gasteiger partial charge in [-0.2, -0.15) is 4.31 Å². The summed E-state index contributed by atoms with van der Waals surface area (Å²) in [5.41, 5.74) is 0.981. The zero-order valence-corrected chi connectivity index (χ0v) is 17.1. The van der Waals surface area contributed by atoms with Crippen LogP contribution in [0.15, 0.2) is 59.5 Å². The summed E-state index contributed by atoms with van der Waals surface area (Å²) >= 11 is 1.53. The Kier molecular flexibility index (Phi) is 5.43. The van der Waals surface area contributed by atoms with Crippen molar-refractivity contribution in [1.82, 2.24) is 14.5 Å². The molecule has 28 heavy (non-hydrogen) atoms. The third-order valence-corrected chi connectivity index (χ3v) is 7.91. The van der Waals surface area contributed by atoms with E-state index >= 15 is 0 Å². The Morgan fingerprint density at radius 1 is 1.07 bits per heavy atom. The molecular formula is C20H21N3O3S2. The van der Waals surface area contributed by atoms with Gasteiger partial charge in [-0.15, -0.1) is 10.2 Å². The molecule has 1 aromatic heterocycles. The van der Waals surface area contributed by atoms with Gasteiger partial charge in [0, 0.05) is 24.6 Å². The van der Waals surface area contributed by atoms with Crippen molar-refractivity contribution >= 4 is 21.4 Å². The van der Waals surface area contributed by atoms with Crippen LogP contribution >= 0.6 is 11.3 Å². The molecule has 6 nitrogen and oxygen atoms in total. The number of benzene rings is 2. The molecule has 1 saturated heterocycles. The van der Waals surface area contributed by atoms with Crippen molar-refractivity contribution in [2.45, 2.75) is 23.7 Å². The van der Waals surface area contributed by atoms with Crippen LogP contribution in [0.5, 0.6) is 5.75 Å². The molecule has 2 heterocycles. The number of aromatic nitrogens is 2. The highest BCUT2D eigenvalue weighted by Crippen LogP contribution is 2.34. The Hall–Kier alpha value is -2.29. The summed E-state index contributed by atoms with van der Waals surface area (Å²) in [5.74, 6) is 0.860. The second kappa shape index (κ2) is 7.98. The quantitative estimate of drug-likeness (QED) is 0.634. The first kappa shape index (κ1) is 19.0. The molecule has 1 fully saturated rings. The highest BCUT2D eigenvalue weighted by Gasteiger charge is 2.32. The van der Waals surface area contributed by atoms with Gasteiger partial charge in [0.2, 0.25) is 10.0 Å². The molecule has 146 valence electrons. The Morgan fingerprint density at radius 3 is 2.54 bits per heavy atom. The monoisotopic (exact) mass is 415 g/mol. The van der Waals surface area contributed by atoms with Crippen LogP contribution in [0.1, 0.15) is 23.8 Å². The number of piperidine rings is 1. The van der Waals surface area contributed by atoms with Crippen LogP contribution in [0.4, 0.5) is 0 Å². The first-order valence-corrected chi connectivity index (χ1v) is 11.4. The van der Waals surface area contributed by atoms with Gasteiger partial charge in [-0.3, -0.25) is 0 Å². The van der Waals surface area contributed by atoms with E-state index in [0.29, 0.717) is 18.0 Å². The molecule has 0 amide bonds. The number of ether oxygens (including phenoxy) is 1. The SMILES string of the molecule is COc1ccc(-c2nnc(C3CCCN(S(=O)(=O)c4ccccc4)C3)s2)cc1. The molecule has 0 bridgehead atoms. The van der Waals surface area contributed by atoms with E-state index in [1.165, 1.54) is 11.3 Å². The summed E-state index contributed by atoms with van der Waals surface area (Å²) in [6.07, 6.45) is 1.73. The molecule has 0 aliphatic carbocycles. The van der Waals surface area contributed by atoms with Crippen LogP contribution in [-0.2, 0) is 10.0 Å². The van der Waals surface area contributed by atoms with Crippen LogP contribution in [0.3, 0.4) is 0 Å². The van der Waals surface area contributed by atoms with Crippen molar-refractivity contribution in [3.63, 3.8) is 0 Å². The van der Waals surface area contributed by atoms with Gasteiger partial charge in [0.1, 0.15) is 15.8 Å². The average Bonchev–Trinajstić information content (AvgIpc) is 3.25. The van der Waals surface area contributed by atoms with Gasteiger partial charge >= 0.3 is 0 Å². The van der Waals surface area contributed by atoms with Gasteiger partial charge in [0.05, 0.1) is 12.0 Å². The smallest absolute Gasteiger partial charge is 0.243 e. The van der Waals surface area contributed by atoms with Crippen LogP contribution in [0, 0.1) is 0 Å². The second-order valence-corrected chi connectivity index (χ2v) is 9.64. The van der Waals surface area contributed by atoms with Crippen molar-refractivity contribution < 1.29 is 13.2 Å². The fraction of sp³-hybridized carbons (Fsp3) is 0.300. The van der Waals surface area contributed by atoms with E-state index in [2.05, 4.69) is 10.2 Å². The molecule has 0 saturated carbocycles. The Labute approximate surface area is 168 Å². The third kappa shape index (κ3) is 3.80. The molecule has 0 N–H and O–H groups in total. The highest BCUT2D eigenvalue weighted by atomic mass is 32.2. The maximum Gasteiger partial charge on any atom is 0.243 e. The zero-order chi connectivity index (χ0) is 19.6. The van der Waals surface area contributed by atoms with E-state index in [-0.39, 0.29) is 5.92 Å². The lowest BCUT2D eigenvalue weighted by atomic mass is 10.0. The second-order valence-electron chi connectivity index (χ2n) is 6.69. The van der Waals surface area contributed by atoms with Crippen LogP contribution in [-0.4, -0.2) is 43.1 Å². The molecule has 2 aromatic carbocycles. The van der Waals surface area contributed by atoms with Crippen LogP contribution in [0.25, 0.3) is 10.6 Å². The van der Waals surface area contributed by atoms with E-state index in [1.807, 2.05) is 30.3 Å². The minimum absolute atomic E-state index is 0.0664. The largest absolute Gasteiger partial charge is 0.497 e. The van der Waals surface area contributed by atoms with E-state index < -0.39 is 10.0 Å². The number of hydrogen-bond acceptors (Lipinski definition) is 6. The standard InChI is InChI=1S/C20H21N3O3S2/c1-26-17-11-9-15(10-12-17)19-21-22-20(27-19)16-6-5-13-23(14-16)28(24,25)18-7-3-2-4-8-18/h2-4,7-12,16H,5-6,13-14H2,1H3. The molecule has 1 atom stereocenters. The molecule has 1 unspecified atom stereocenters. The van der Waals surface area contributed by atoms with Crippen LogP contribution < -0.4 is 4.74 Å². The fourth-order valence-corrected chi connectivity index (χ4v) is 5.87.